The Hall–Kier alpha value is -2.77. The number of carbonyl (C=O) groups excluding carboxylic acids is 1. The van der Waals surface area contributed by atoms with Crippen molar-refractivity contribution in [3.8, 4) is 0 Å². The molecule has 0 unspecified atom stereocenters. The van der Waals surface area contributed by atoms with Crippen LogP contribution in [0.3, 0.4) is 0 Å². The molecule has 0 fully saturated rings. The second-order valence-electron chi connectivity index (χ2n) is 6.35. The smallest absolute Gasteiger partial charge is 0.335 e. The number of aryl methyl sites for hydroxylation is 2. The van der Waals surface area contributed by atoms with Gasteiger partial charge in [0.1, 0.15) is 17.5 Å². The van der Waals surface area contributed by atoms with Crippen molar-refractivity contribution in [2.75, 3.05) is 6.54 Å². The van der Waals surface area contributed by atoms with Crippen LogP contribution < -0.4 is 5.32 Å². The van der Waals surface area contributed by atoms with Crippen LogP contribution in [0.15, 0.2) is 18.2 Å². The number of fused-ring (bicyclic) bond motifs is 1. The summed E-state index contributed by atoms with van der Waals surface area (Å²) in [7, 11) is 0. The van der Waals surface area contributed by atoms with Gasteiger partial charge in [-0.15, -0.1) is 10.2 Å². The van der Waals surface area contributed by atoms with Gasteiger partial charge >= 0.3 is 5.97 Å². The van der Waals surface area contributed by atoms with Gasteiger partial charge in [0.25, 0.3) is 5.91 Å². The highest BCUT2D eigenvalue weighted by atomic mass is 19.1. The van der Waals surface area contributed by atoms with Crippen molar-refractivity contribution >= 4 is 11.9 Å². The summed E-state index contributed by atoms with van der Waals surface area (Å²) >= 11 is 0. The Kier molecular flexibility index (Phi) is 5.60. The lowest BCUT2D eigenvalue weighted by atomic mass is 10.1. The molecule has 0 aliphatic carbocycles. The monoisotopic (exact) mass is 360 g/mol. The van der Waals surface area contributed by atoms with Gasteiger partial charge in [-0.1, -0.05) is 6.42 Å². The van der Waals surface area contributed by atoms with Crippen LogP contribution in [0, 0.1) is 5.82 Å². The molecule has 0 bridgehead atoms. The molecular formula is C18H21FN4O3. The number of aromatic carboxylic acids is 1. The van der Waals surface area contributed by atoms with Gasteiger partial charge in [-0.3, -0.25) is 4.79 Å². The van der Waals surface area contributed by atoms with Gasteiger partial charge in [0.15, 0.2) is 0 Å². The van der Waals surface area contributed by atoms with E-state index in [1.165, 1.54) is 18.6 Å². The van der Waals surface area contributed by atoms with Crippen LogP contribution in [0.1, 0.15) is 58.0 Å². The minimum Gasteiger partial charge on any atom is -0.478 e. The zero-order valence-corrected chi connectivity index (χ0v) is 14.4. The molecule has 7 nitrogen and oxygen atoms in total. The number of hydrogen-bond acceptors (Lipinski definition) is 4. The van der Waals surface area contributed by atoms with Gasteiger partial charge in [0, 0.05) is 25.9 Å². The molecule has 0 spiro atoms. The van der Waals surface area contributed by atoms with Crippen LogP contribution in [-0.2, 0) is 19.4 Å². The zero-order valence-electron chi connectivity index (χ0n) is 14.4. The van der Waals surface area contributed by atoms with Gasteiger partial charge in [0.2, 0.25) is 0 Å². The number of hydrogen-bond donors (Lipinski definition) is 2. The Balaban J connectivity index is 1.52. The first-order valence-electron chi connectivity index (χ1n) is 8.78. The van der Waals surface area contributed by atoms with E-state index in [0.717, 1.165) is 43.5 Å². The Morgan fingerprint density at radius 3 is 2.85 bits per heavy atom. The molecule has 0 saturated heterocycles. The van der Waals surface area contributed by atoms with Gasteiger partial charge in [0.05, 0.1) is 11.1 Å². The quantitative estimate of drug-likeness (QED) is 0.770. The number of nitrogens with one attached hydrogen (secondary N) is 1. The average Bonchev–Trinajstić information content (AvgIpc) is 2.85. The lowest BCUT2D eigenvalue weighted by molar-refractivity contribution is 0.0695. The number of rotatable bonds is 6. The van der Waals surface area contributed by atoms with E-state index >= 15 is 0 Å². The molecule has 0 radical (unpaired) electrons. The summed E-state index contributed by atoms with van der Waals surface area (Å²) in [6, 6.07) is 3.25. The number of amides is 1. The van der Waals surface area contributed by atoms with E-state index in [1.807, 2.05) is 0 Å². The molecule has 2 aromatic rings. The largest absolute Gasteiger partial charge is 0.478 e. The predicted octanol–water partition coefficient (Wildman–Crippen LogP) is 2.20. The van der Waals surface area contributed by atoms with Crippen LogP contribution >= 0.6 is 0 Å². The Bertz CT molecular complexity index is 819. The van der Waals surface area contributed by atoms with Crippen LogP contribution in [0.5, 0.6) is 0 Å². The second-order valence-corrected chi connectivity index (χ2v) is 6.35. The number of aromatic nitrogens is 3. The number of halogens is 1. The summed E-state index contributed by atoms with van der Waals surface area (Å²) in [5.41, 5.74) is -0.349. The molecular weight excluding hydrogens is 339 g/mol. The molecule has 0 atom stereocenters. The fourth-order valence-corrected chi connectivity index (χ4v) is 3.11. The zero-order chi connectivity index (χ0) is 18.5. The fourth-order valence-electron chi connectivity index (χ4n) is 3.11. The van der Waals surface area contributed by atoms with E-state index in [0.29, 0.717) is 19.4 Å². The maximum atomic E-state index is 13.9. The van der Waals surface area contributed by atoms with Crippen LogP contribution in [0.25, 0.3) is 0 Å². The van der Waals surface area contributed by atoms with Gasteiger partial charge in [-0.2, -0.15) is 0 Å². The predicted molar refractivity (Wildman–Crippen MR) is 91.6 cm³/mol. The number of nitrogens with zero attached hydrogens (tertiary/aromatic N) is 3. The first-order valence-corrected chi connectivity index (χ1v) is 8.78. The average molecular weight is 360 g/mol. The molecule has 3 rings (SSSR count). The Morgan fingerprint density at radius 2 is 2.08 bits per heavy atom. The molecule has 0 saturated carbocycles. The summed E-state index contributed by atoms with van der Waals surface area (Å²) in [5.74, 6) is -0.678. The van der Waals surface area contributed by atoms with E-state index in [1.54, 1.807) is 0 Å². The standard InChI is InChI=1S/C18H21FN4O3/c19-14-11-12(18(25)26)7-8-13(14)17(24)20-9-4-6-16-22-21-15-5-2-1-3-10-23(15)16/h7-8,11H,1-6,9-10H2,(H,20,24)(H,25,26). The van der Waals surface area contributed by atoms with E-state index < -0.39 is 17.7 Å². The van der Waals surface area contributed by atoms with Gasteiger partial charge < -0.3 is 15.0 Å². The van der Waals surface area contributed by atoms with E-state index in [9.17, 15) is 14.0 Å². The van der Waals surface area contributed by atoms with E-state index in [2.05, 4.69) is 20.1 Å². The number of carboxylic acids is 1. The molecule has 1 aliphatic rings. The molecule has 26 heavy (non-hydrogen) atoms. The Labute approximate surface area is 150 Å². The minimum absolute atomic E-state index is 0.161. The van der Waals surface area contributed by atoms with Crippen molar-refractivity contribution in [1.82, 2.24) is 20.1 Å². The van der Waals surface area contributed by atoms with Crippen molar-refractivity contribution in [2.45, 2.75) is 45.1 Å². The summed E-state index contributed by atoms with van der Waals surface area (Å²) in [6.07, 6.45) is 5.77. The highest BCUT2D eigenvalue weighted by molar-refractivity contribution is 5.96. The number of carbonyl (C=O) groups is 2. The molecule has 1 amide bonds. The fraction of sp³-hybridized carbons (Fsp3) is 0.444. The van der Waals surface area contributed by atoms with Crippen molar-refractivity contribution in [3.05, 3.63) is 46.8 Å². The number of benzene rings is 1. The first kappa shape index (κ1) is 18.0. The minimum atomic E-state index is -1.23. The third kappa shape index (κ3) is 4.07. The van der Waals surface area contributed by atoms with Crippen molar-refractivity contribution in [3.63, 3.8) is 0 Å². The Morgan fingerprint density at radius 1 is 1.23 bits per heavy atom. The van der Waals surface area contributed by atoms with Crippen molar-refractivity contribution in [2.24, 2.45) is 0 Å². The third-order valence-corrected chi connectivity index (χ3v) is 4.51. The maximum absolute atomic E-state index is 13.9. The van der Waals surface area contributed by atoms with Crippen LogP contribution in [0.2, 0.25) is 0 Å². The van der Waals surface area contributed by atoms with Crippen molar-refractivity contribution in [1.29, 1.82) is 0 Å². The first-order chi connectivity index (χ1) is 12.6. The van der Waals surface area contributed by atoms with Gasteiger partial charge in [-0.05, 0) is 37.5 Å². The van der Waals surface area contributed by atoms with E-state index in [4.69, 9.17) is 5.11 Å². The molecule has 138 valence electrons. The molecule has 2 heterocycles. The van der Waals surface area contributed by atoms with Gasteiger partial charge in [-0.25, -0.2) is 9.18 Å². The molecule has 2 N–H and O–H groups in total. The summed E-state index contributed by atoms with van der Waals surface area (Å²) in [5, 5.41) is 20.0. The molecule has 1 aromatic carbocycles. The summed E-state index contributed by atoms with van der Waals surface area (Å²) in [6.45, 7) is 1.31. The van der Waals surface area contributed by atoms with E-state index in [-0.39, 0.29) is 11.1 Å². The lowest BCUT2D eigenvalue weighted by Crippen LogP contribution is -2.26. The topological polar surface area (TPSA) is 97.1 Å². The van der Waals surface area contributed by atoms with Crippen molar-refractivity contribution < 1.29 is 19.1 Å². The highest BCUT2D eigenvalue weighted by Crippen LogP contribution is 2.15. The van der Waals surface area contributed by atoms with Crippen LogP contribution in [0.4, 0.5) is 4.39 Å². The molecule has 8 heteroatoms. The lowest BCUT2D eigenvalue weighted by Gasteiger charge is -2.08. The second kappa shape index (κ2) is 8.07. The molecule has 1 aromatic heterocycles. The third-order valence-electron chi connectivity index (χ3n) is 4.51. The summed E-state index contributed by atoms with van der Waals surface area (Å²) in [4.78, 5) is 22.9. The summed E-state index contributed by atoms with van der Waals surface area (Å²) < 4.78 is 16.0. The normalized spacial score (nSPS) is 13.7. The number of carboxylic acid groups (broad SMARTS) is 1. The highest BCUT2D eigenvalue weighted by Gasteiger charge is 2.16. The SMILES string of the molecule is O=C(O)c1ccc(C(=O)NCCCc2nnc3n2CCCCC3)c(F)c1. The van der Waals surface area contributed by atoms with Crippen LogP contribution in [-0.4, -0.2) is 38.3 Å². The maximum Gasteiger partial charge on any atom is 0.335 e. The molecule has 1 aliphatic heterocycles.